The first-order valence-electron chi connectivity index (χ1n) is 4.85. The third-order valence-corrected chi connectivity index (χ3v) is 2.21. The number of hydrogen-bond donors (Lipinski definition) is 0. The molecule has 2 nitrogen and oxygen atoms in total. The molecular formula is C10H19IN2. The molecule has 1 heterocycles. The fourth-order valence-electron chi connectivity index (χ4n) is 1.39. The van der Waals surface area contributed by atoms with Gasteiger partial charge in [-0.15, -0.1) is 4.68 Å². The lowest BCUT2D eigenvalue weighted by Crippen LogP contribution is -3.00. The third kappa shape index (κ3) is 4.64. The van der Waals surface area contributed by atoms with Crippen LogP contribution >= 0.6 is 0 Å². The number of hydrogen-bond acceptors (Lipinski definition) is 0. The minimum atomic E-state index is 0. The first-order valence-corrected chi connectivity index (χ1v) is 4.85. The van der Waals surface area contributed by atoms with E-state index in [0.29, 0.717) is 0 Å². The summed E-state index contributed by atoms with van der Waals surface area (Å²) in [5.74, 6) is 0. The average molecular weight is 294 g/mol. The molecule has 0 bridgehead atoms. The van der Waals surface area contributed by atoms with Crippen molar-refractivity contribution >= 4 is 0 Å². The molecule has 0 spiro atoms. The van der Waals surface area contributed by atoms with E-state index in [1.165, 1.54) is 25.7 Å². The summed E-state index contributed by atoms with van der Waals surface area (Å²) in [5.41, 5.74) is 0. The molecule has 0 atom stereocenters. The molecule has 0 aliphatic heterocycles. The van der Waals surface area contributed by atoms with Crippen LogP contribution < -0.4 is 28.7 Å². The van der Waals surface area contributed by atoms with Crippen LogP contribution in [0.4, 0.5) is 0 Å². The van der Waals surface area contributed by atoms with Crippen LogP contribution in [-0.2, 0) is 13.6 Å². The maximum absolute atomic E-state index is 2.25. The van der Waals surface area contributed by atoms with Gasteiger partial charge in [-0.05, 0) is 6.42 Å². The molecular weight excluding hydrogens is 275 g/mol. The minimum Gasteiger partial charge on any atom is -1.00 e. The van der Waals surface area contributed by atoms with Crippen LogP contribution in [0.1, 0.15) is 32.6 Å². The molecule has 13 heavy (non-hydrogen) atoms. The van der Waals surface area contributed by atoms with Crippen molar-refractivity contribution in [1.29, 1.82) is 0 Å². The Labute approximate surface area is 97.9 Å². The highest BCUT2D eigenvalue weighted by Crippen LogP contribution is 1.99. The highest BCUT2D eigenvalue weighted by molar-refractivity contribution is 4.71. The quantitative estimate of drug-likeness (QED) is 0.370. The van der Waals surface area contributed by atoms with Crippen LogP contribution in [0.2, 0.25) is 0 Å². The van der Waals surface area contributed by atoms with Crippen molar-refractivity contribution in [3.63, 3.8) is 0 Å². The zero-order chi connectivity index (χ0) is 8.81. The van der Waals surface area contributed by atoms with E-state index in [-0.39, 0.29) is 24.0 Å². The van der Waals surface area contributed by atoms with Gasteiger partial charge >= 0.3 is 0 Å². The van der Waals surface area contributed by atoms with Gasteiger partial charge in [-0.3, -0.25) is 0 Å². The molecule has 0 N–H and O–H groups in total. The monoisotopic (exact) mass is 294 g/mol. The Hall–Kier alpha value is -0.0600. The molecule has 0 unspecified atom stereocenters. The van der Waals surface area contributed by atoms with Gasteiger partial charge in [-0.1, -0.05) is 26.2 Å². The standard InChI is InChI=1S/C10H19N2.HI/c1-3-4-5-6-9-12-10-7-8-11(12)2;/h7-8,10H,3-6,9H2,1-2H3;1H/q+1;/p-1. The summed E-state index contributed by atoms with van der Waals surface area (Å²) in [6.07, 6.45) is 9.56. The lowest BCUT2D eigenvalue weighted by molar-refractivity contribution is -0.753. The molecule has 0 aromatic carbocycles. The van der Waals surface area contributed by atoms with Gasteiger partial charge in [0, 0.05) is 6.07 Å². The normalized spacial score (nSPS) is 9.69. The van der Waals surface area contributed by atoms with Crippen molar-refractivity contribution in [1.82, 2.24) is 4.68 Å². The van der Waals surface area contributed by atoms with Crippen molar-refractivity contribution in [2.24, 2.45) is 7.05 Å². The van der Waals surface area contributed by atoms with Crippen LogP contribution in [0.3, 0.4) is 0 Å². The Morgan fingerprint density at radius 2 is 2.00 bits per heavy atom. The molecule has 0 amide bonds. The number of rotatable bonds is 5. The summed E-state index contributed by atoms with van der Waals surface area (Å²) >= 11 is 0. The maximum atomic E-state index is 2.25. The maximum Gasteiger partial charge on any atom is 0.195 e. The molecule has 0 aliphatic rings. The first kappa shape index (κ1) is 12.9. The average Bonchev–Trinajstić information content (AvgIpc) is 2.46. The van der Waals surface area contributed by atoms with Gasteiger partial charge in [0.1, 0.15) is 0 Å². The Morgan fingerprint density at radius 3 is 2.54 bits per heavy atom. The molecule has 76 valence electrons. The highest BCUT2D eigenvalue weighted by Gasteiger charge is 1.99. The Morgan fingerprint density at radius 1 is 1.23 bits per heavy atom. The van der Waals surface area contributed by atoms with Crippen LogP contribution in [-0.4, -0.2) is 4.68 Å². The lowest BCUT2D eigenvalue weighted by Gasteiger charge is -1.99. The zero-order valence-corrected chi connectivity index (χ0v) is 10.7. The highest BCUT2D eigenvalue weighted by atomic mass is 127. The van der Waals surface area contributed by atoms with Crippen molar-refractivity contribution in [2.45, 2.75) is 39.2 Å². The molecule has 0 fully saturated rings. The molecule has 1 aromatic heterocycles. The van der Waals surface area contributed by atoms with Gasteiger partial charge in [0.15, 0.2) is 13.2 Å². The van der Waals surface area contributed by atoms with Crippen LogP contribution in [0, 0.1) is 0 Å². The van der Waals surface area contributed by atoms with Gasteiger partial charge in [0.05, 0.1) is 12.7 Å². The zero-order valence-electron chi connectivity index (χ0n) is 8.54. The van der Waals surface area contributed by atoms with Gasteiger partial charge in [0.2, 0.25) is 0 Å². The smallest absolute Gasteiger partial charge is 0.195 e. The number of nitrogens with zero attached hydrogens (tertiary/aromatic N) is 2. The summed E-state index contributed by atoms with van der Waals surface area (Å²) in [6.45, 7) is 3.40. The number of aromatic nitrogens is 2. The molecule has 0 saturated carbocycles. The number of unbranched alkanes of at least 4 members (excludes halogenated alkanes) is 3. The van der Waals surface area contributed by atoms with Crippen LogP contribution in [0.5, 0.6) is 0 Å². The summed E-state index contributed by atoms with van der Waals surface area (Å²) < 4.78 is 4.38. The number of aryl methyl sites for hydroxylation is 2. The Kier molecular flexibility index (Phi) is 7.32. The predicted molar refractivity (Wildman–Crippen MR) is 49.8 cm³/mol. The lowest BCUT2D eigenvalue weighted by atomic mass is 10.2. The minimum absolute atomic E-state index is 0. The fraction of sp³-hybridized carbons (Fsp3) is 0.700. The molecule has 1 aromatic rings. The van der Waals surface area contributed by atoms with Gasteiger partial charge in [-0.25, -0.2) is 0 Å². The second-order valence-electron chi connectivity index (χ2n) is 3.29. The van der Waals surface area contributed by atoms with E-state index in [9.17, 15) is 0 Å². The summed E-state index contributed by atoms with van der Waals surface area (Å²) in [6, 6.07) is 2.08. The van der Waals surface area contributed by atoms with E-state index < -0.39 is 0 Å². The topological polar surface area (TPSA) is 8.81 Å². The van der Waals surface area contributed by atoms with Crippen molar-refractivity contribution < 1.29 is 28.7 Å². The molecule has 0 aliphatic carbocycles. The largest absolute Gasteiger partial charge is 1.00 e. The Balaban J connectivity index is 0.00000144. The van der Waals surface area contributed by atoms with E-state index in [1.54, 1.807) is 0 Å². The summed E-state index contributed by atoms with van der Waals surface area (Å²) in [4.78, 5) is 0. The third-order valence-electron chi connectivity index (χ3n) is 2.21. The predicted octanol–water partition coefficient (Wildman–Crippen LogP) is -1.10. The Bertz CT molecular complexity index is 220. The molecule has 0 radical (unpaired) electrons. The second kappa shape index (κ2) is 7.35. The van der Waals surface area contributed by atoms with E-state index >= 15 is 0 Å². The fourth-order valence-corrected chi connectivity index (χ4v) is 1.39. The van der Waals surface area contributed by atoms with Crippen molar-refractivity contribution in [2.75, 3.05) is 0 Å². The van der Waals surface area contributed by atoms with Crippen LogP contribution in [0.15, 0.2) is 18.5 Å². The van der Waals surface area contributed by atoms with Crippen LogP contribution in [0.25, 0.3) is 0 Å². The van der Waals surface area contributed by atoms with Crippen molar-refractivity contribution in [3.05, 3.63) is 18.5 Å². The van der Waals surface area contributed by atoms with E-state index in [2.05, 4.69) is 41.8 Å². The van der Waals surface area contributed by atoms with E-state index in [0.717, 1.165) is 6.54 Å². The summed E-state index contributed by atoms with van der Waals surface area (Å²) in [5, 5.41) is 0. The van der Waals surface area contributed by atoms with Crippen molar-refractivity contribution in [3.8, 4) is 0 Å². The number of halogens is 1. The van der Waals surface area contributed by atoms with E-state index in [1.807, 2.05) is 0 Å². The van der Waals surface area contributed by atoms with Gasteiger partial charge in [0.25, 0.3) is 0 Å². The van der Waals surface area contributed by atoms with E-state index in [4.69, 9.17) is 0 Å². The second-order valence-corrected chi connectivity index (χ2v) is 3.29. The summed E-state index contributed by atoms with van der Waals surface area (Å²) in [7, 11) is 2.08. The van der Waals surface area contributed by atoms with Gasteiger partial charge < -0.3 is 24.0 Å². The first-order chi connectivity index (χ1) is 5.84. The van der Waals surface area contributed by atoms with Gasteiger partial charge in [-0.2, -0.15) is 4.68 Å². The molecule has 1 rings (SSSR count). The molecule has 3 heteroatoms. The SMILES string of the molecule is CCCCCCn1ccc[n+]1C.[I-]. The molecule has 0 saturated heterocycles.